The van der Waals surface area contributed by atoms with Crippen molar-refractivity contribution in [2.75, 3.05) is 5.32 Å². The lowest BCUT2D eigenvalue weighted by Gasteiger charge is -2.04. The van der Waals surface area contributed by atoms with E-state index in [0.717, 1.165) is 9.88 Å². The Labute approximate surface area is 101 Å². The standard InChI is InChI=1S/C10H10N4O2S/c1-6-4-11-8(17-6)5-12-9-7(10(15)16)2-3-13-14-9/h2-4H,5H2,1H3,(H,12,14)(H,15,16). The molecule has 0 aliphatic heterocycles. The third kappa shape index (κ3) is 2.76. The van der Waals surface area contributed by atoms with Crippen LogP contribution in [0.2, 0.25) is 0 Å². The molecule has 0 amide bonds. The molecule has 0 spiro atoms. The first-order valence-electron chi connectivity index (χ1n) is 4.87. The number of rotatable bonds is 4. The molecular formula is C10H10N4O2S. The minimum atomic E-state index is -1.03. The van der Waals surface area contributed by atoms with Crippen LogP contribution in [0.1, 0.15) is 20.2 Å². The van der Waals surface area contributed by atoms with Crippen LogP contribution in [0.3, 0.4) is 0 Å². The van der Waals surface area contributed by atoms with Gasteiger partial charge in [0.05, 0.1) is 12.7 Å². The summed E-state index contributed by atoms with van der Waals surface area (Å²) in [5, 5.41) is 20.2. The van der Waals surface area contributed by atoms with E-state index in [-0.39, 0.29) is 11.4 Å². The number of aromatic nitrogens is 3. The zero-order valence-electron chi connectivity index (χ0n) is 9.04. The fourth-order valence-corrected chi connectivity index (χ4v) is 2.00. The number of nitrogens with one attached hydrogen (secondary N) is 1. The zero-order chi connectivity index (χ0) is 12.3. The Morgan fingerprint density at radius 3 is 3.06 bits per heavy atom. The van der Waals surface area contributed by atoms with Crippen molar-refractivity contribution in [2.24, 2.45) is 0 Å². The van der Waals surface area contributed by atoms with E-state index in [4.69, 9.17) is 5.11 Å². The molecule has 2 N–H and O–H groups in total. The lowest BCUT2D eigenvalue weighted by atomic mass is 10.3. The predicted molar refractivity (Wildman–Crippen MR) is 63.2 cm³/mol. The molecule has 0 unspecified atom stereocenters. The highest BCUT2D eigenvalue weighted by atomic mass is 32.1. The van der Waals surface area contributed by atoms with Crippen molar-refractivity contribution in [3.05, 3.63) is 33.9 Å². The summed E-state index contributed by atoms with van der Waals surface area (Å²) in [6.45, 7) is 2.41. The number of aryl methyl sites for hydroxylation is 1. The molecule has 0 aliphatic rings. The second-order valence-electron chi connectivity index (χ2n) is 3.32. The molecule has 2 aromatic heterocycles. The highest BCUT2D eigenvalue weighted by Gasteiger charge is 2.11. The second kappa shape index (κ2) is 4.88. The summed E-state index contributed by atoms with van der Waals surface area (Å²) in [5.41, 5.74) is 0.105. The molecule has 2 rings (SSSR count). The quantitative estimate of drug-likeness (QED) is 0.856. The van der Waals surface area contributed by atoms with E-state index in [2.05, 4.69) is 20.5 Å². The Kier molecular flexibility index (Phi) is 3.29. The maximum absolute atomic E-state index is 10.9. The SMILES string of the molecule is Cc1cnc(CNc2nnccc2C(=O)O)s1. The minimum Gasteiger partial charge on any atom is -0.478 e. The first-order valence-corrected chi connectivity index (χ1v) is 5.68. The number of hydrogen-bond acceptors (Lipinski definition) is 6. The Morgan fingerprint density at radius 2 is 2.41 bits per heavy atom. The molecule has 2 aromatic rings. The van der Waals surface area contributed by atoms with Gasteiger partial charge < -0.3 is 10.4 Å². The normalized spacial score (nSPS) is 10.2. The van der Waals surface area contributed by atoms with Crippen molar-refractivity contribution in [3.63, 3.8) is 0 Å². The van der Waals surface area contributed by atoms with Gasteiger partial charge in [-0.1, -0.05) is 0 Å². The first-order chi connectivity index (χ1) is 8.16. The van der Waals surface area contributed by atoms with Crippen LogP contribution < -0.4 is 5.32 Å². The van der Waals surface area contributed by atoms with Gasteiger partial charge in [-0.2, -0.15) is 5.10 Å². The van der Waals surface area contributed by atoms with Crippen LogP contribution >= 0.6 is 11.3 Å². The van der Waals surface area contributed by atoms with Gasteiger partial charge >= 0.3 is 5.97 Å². The Bertz CT molecular complexity index is 541. The molecular weight excluding hydrogens is 240 g/mol. The first kappa shape index (κ1) is 11.5. The van der Waals surface area contributed by atoms with Crippen molar-refractivity contribution < 1.29 is 9.90 Å². The topological polar surface area (TPSA) is 88.0 Å². The summed E-state index contributed by atoms with van der Waals surface area (Å²) in [5.74, 6) is -0.773. The van der Waals surface area contributed by atoms with Gasteiger partial charge in [0.1, 0.15) is 10.6 Å². The molecule has 0 bridgehead atoms. The predicted octanol–water partition coefficient (Wildman–Crippen LogP) is 1.55. The van der Waals surface area contributed by atoms with Crippen LogP contribution in [0.4, 0.5) is 5.82 Å². The number of aromatic carboxylic acids is 1. The number of thiazole rings is 1. The number of carboxylic acids is 1. The van der Waals surface area contributed by atoms with E-state index in [1.807, 2.05) is 6.92 Å². The van der Waals surface area contributed by atoms with Crippen LogP contribution in [0.5, 0.6) is 0 Å². The van der Waals surface area contributed by atoms with Gasteiger partial charge in [0.25, 0.3) is 0 Å². The third-order valence-corrected chi connectivity index (χ3v) is 2.94. The van der Waals surface area contributed by atoms with Gasteiger partial charge in [0.2, 0.25) is 0 Å². The summed E-state index contributed by atoms with van der Waals surface area (Å²) < 4.78 is 0. The highest BCUT2D eigenvalue weighted by Crippen LogP contribution is 2.15. The van der Waals surface area contributed by atoms with Gasteiger partial charge in [0.15, 0.2) is 5.82 Å². The fourth-order valence-electron chi connectivity index (χ4n) is 1.28. The molecule has 88 valence electrons. The summed E-state index contributed by atoms with van der Waals surface area (Å²) in [7, 11) is 0. The highest BCUT2D eigenvalue weighted by molar-refractivity contribution is 7.11. The van der Waals surface area contributed by atoms with E-state index >= 15 is 0 Å². The van der Waals surface area contributed by atoms with E-state index in [0.29, 0.717) is 6.54 Å². The molecule has 2 heterocycles. The molecule has 0 aliphatic carbocycles. The van der Waals surface area contributed by atoms with Gasteiger partial charge in [-0.15, -0.1) is 16.4 Å². The van der Waals surface area contributed by atoms with Crippen LogP contribution in [-0.4, -0.2) is 26.3 Å². The zero-order valence-corrected chi connectivity index (χ0v) is 9.86. The minimum absolute atomic E-state index is 0.105. The fraction of sp³-hybridized carbons (Fsp3) is 0.200. The van der Waals surface area contributed by atoms with Crippen molar-refractivity contribution in [1.29, 1.82) is 0 Å². The molecule has 0 aromatic carbocycles. The monoisotopic (exact) mass is 250 g/mol. The lowest BCUT2D eigenvalue weighted by molar-refractivity contribution is 0.0697. The maximum Gasteiger partial charge on any atom is 0.339 e. The van der Waals surface area contributed by atoms with E-state index < -0.39 is 5.97 Å². The smallest absolute Gasteiger partial charge is 0.339 e. The number of carboxylic acid groups (broad SMARTS) is 1. The second-order valence-corrected chi connectivity index (χ2v) is 4.64. The molecule has 17 heavy (non-hydrogen) atoms. The average Bonchev–Trinajstić information content (AvgIpc) is 2.73. The lowest BCUT2D eigenvalue weighted by Crippen LogP contribution is -2.08. The van der Waals surface area contributed by atoms with Gasteiger partial charge in [-0.3, -0.25) is 0 Å². The molecule has 0 saturated carbocycles. The number of hydrogen-bond donors (Lipinski definition) is 2. The van der Waals surface area contributed by atoms with E-state index in [1.165, 1.54) is 12.3 Å². The molecule has 0 saturated heterocycles. The molecule has 0 fully saturated rings. The number of nitrogens with zero attached hydrogens (tertiary/aromatic N) is 3. The average molecular weight is 250 g/mol. The molecule has 0 radical (unpaired) electrons. The van der Waals surface area contributed by atoms with Gasteiger partial charge in [-0.25, -0.2) is 9.78 Å². The largest absolute Gasteiger partial charge is 0.478 e. The van der Waals surface area contributed by atoms with Gasteiger partial charge in [-0.05, 0) is 13.0 Å². The van der Waals surface area contributed by atoms with Crippen molar-refractivity contribution >= 4 is 23.1 Å². The molecule has 0 atom stereocenters. The Morgan fingerprint density at radius 1 is 1.59 bits per heavy atom. The van der Waals surface area contributed by atoms with Crippen LogP contribution in [0, 0.1) is 6.92 Å². The summed E-state index contributed by atoms with van der Waals surface area (Å²) >= 11 is 1.55. The Balaban J connectivity index is 2.11. The third-order valence-electron chi connectivity index (χ3n) is 2.03. The van der Waals surface area contributed by atoms with E-state index in [1.54, 1.807) is 17.5 Å². The van der Waals surface area contributed by atoms with Crippen molar-refractivity contribution in [1.82, 2.24) is 15.2 Å². The van der Waals surface area contributed by atoms with Crippen molar-refractivity contribution in [3.8, 4) is 0 Å². The Hall–Kier alpha value is -2.02. The number of carbonyl (C=O) groups is 1. The number of anilines is 1. The summed E-state index contributed by atoms with van der Waals surface area (Å²) in [4.78, 5) is 16.2. The van der Waals surface area contributed by atoms with Crippen molar-refractivity contribution in [2.45, 2.75) is 13.5 Å². The molecule has 6 nitrogen and oxygen atoms in total. The van der Waals surface area contributed by atoms with Crippen LogP contribution in [-0.2, 0) is 6.54 Å². The van der Waals surface area contributed by atoms with Crippen LogP contribution in [0.25, 0.3) is 0 Å². The van der Waals surface area contributed by atoms with E-state index in [9.17, 15) is 4.79 Å². The molecule has 7 heteroatoms. The maximum atomic E-state index is 10.9. The van der Waals surface area contributed by atoms with Crippen LogP contribution in [0.15, 0.2) is 18.5 Å². The summed E-state index contributed by atoms with van der Waals surface area (Å²) in [6.07, 6.45) is 3.12. The summed E-state index contributed by atoms with van der Waals surface area (Å²) in [6, 6.07) is 1.41. The van der Waals surface area contributed by atoms with Gasteiger partial charge in [0, 0.05) is 11.1 Å².